The summed E-state index contributed by atoms with van der Waals surface area (Å²) in [5.41, 5.74) is 11.8. The molecule has 1 spiro atoms. The number of rotatable bonds is 2. The van der Waals surface area contributed by atoms with Gasteiger partial charge in [-0.25, -0.2) is 0 Å². The lowest BCUT2D eigenvalue weighted by atomic mass is 9.43. The van der Waals surface area contributed by atoms with Crippen LogP contribution >= 0.6 is 0 Å². The van der Waals surface area contributed by atoms with Crippen LogP contribution in [0.4, 0.5) is 0 Å². The molecule has 4 bridgehead atoms. The molecular formula is C46H36. The highest BCUT2D eigenvalue weighted by Gasteiger charge is 2.61. The molecule has 0 aliphatic heterocycles. The lowest BCUT2D eigenvalue weighted by Gasteiger charge is -2.61. The van der Waals surface area contributed by atoms with Gasteiger partial charge in [-0.3, -0.25) is 0 Å². The number of hydrogen-bond donors (Lipinski definition) is 0. The number of fused-ring (bicyclic) bond motifs is 6. The summed E-state index contributed by atoms with van der Waals surface area (Å²) in [5.74, 6) is 3.43. The van der Waals surface area contributed by atoms with Gasteiger partial charge in [0.25, 0.3) is 0 Å². The van der Waals surface area contributed by atoms with Gasteiger partial charge in [-0.2, -0.15) is 0 Å². The molecule has 0 saturated heterocycles. The first-order valence-electron chi connectivity index (χ1n) is 17.5. The fourth-order valence-corrected chi connectivity index (χ4v) is 11.5. The normalized spacial score (nSPS) is 25.5. The molecule has 0 radical (unpaired) electrons. The van der Waals surface area contributed by atoms with Gasteiger partial charge in [-0.1, -0.05) is 127 Å². The molecule has 220 valence electrons. The van der Waals surface area contributed by atoms with Crippen molar-refractivity contribution in [2.24, 2.45) is 23.7 Å². The van der Waals surface area contributed by atoms with Crippen molar-refractivity contribution < 1.29 is 0 Å². The zero-order valence-electron chi connectivity index (χ0n) is 26.0. The van der Waals surface area contributed by atoms with Crippen LogP contribution < -0.4 is 0 Å². The predicted octanol–water partition coefficient (Wildman–Crippen LogP) is 12.2. The Morgan fingerprint density at radius 3 is 1.61 bits per heavy atom. The van der Waals surface area contributed by atoms with Crippen molar-refractivity contribution in [2.75, 3.05) is 0 Å². The summed E-state index contributed by atoms with van der Waals surface area (Å²) in [7, 11) is 0. The summed E-state index contributed by atoms with van der Waals surface area (Å²) in [6.45, 7) is 0. The fourth-order valence-electron chi connectivity index (χ4n) is 11.5. The second-order valence-corrected chi connectivity index (χ2v) is 14.8. The molecule has 7 aromatic rings. The lowest BCUT2D eigenvalue weighted by molar-refractivity contribution is -0.0399. The average Bonchev–Trinajstić information content (AvgIpc) is 3.39. The predicted molar refractivity (Wildman–Crippen MR) is 193 cm³/mol. The summed E-state index contributed by atoms with van der Waals surface area (Å²) in [6.07, 6.45) is 7.14. The highest BCUT2D eigenvalue weighted by molar-refractivity contribution is 6.23. The molecule has 4 saturated carbocycles. The van der Waals surface area contributed by atoms with Gasteiger partial charge < -0.3 is 0 Å². The number of benzene rings is 7. The molecule has 4 fully saturated rings. The van der Waals surface area contributed by atoms with E-state index in [-0.39, 0.29) is 5.41 Å². The van der Waals surface area contributed by atoms with Gasteiger partial charge in [-0.05, 0) is 139 Å². The highest BCUT2D eigenvalue weighted by atomic mass is 14.6. The lowest BCUT2D eigenvalue weighted by Crippen LogP contribution is -2.55. The highest BCUT2D eigenvalue weighted by Crippen LogP contribution is 2.69. The zero-order chi connectivity index (χ0) is 30.0. The van der Waals surface area contributed by atoms with Crippen LogP contribution in [0.3, 0.4) is 0 Å². The molecule has 0 heteroatoms. The average molecular weight is 589 g/mol. The van der Waals surface area contributed by atoms with E-state index < -0.39 is 0 Å². The van der Waals surface area contributed by atoms with Crippen molar-refractivity contribution >= 4 is 32.3 Å². The van der Waals surface area contributed by atoms with Gasteiger partial charge in [-0.15, -0.1) is 0 Å². The number of hydrogen-bond acceptors (Lipinski definition) is 0. The second kappa shape index (κ2) is 9.20. The maximum absolute atomic E-state index is 2.67. The van der Waals surface area contributed by atoms with E-state index in [1.165, 1.54) is 97.8 Å². The molecular weight excluding hydrogens is 553 g/mol. The standard InChI is InChI=1S/C46H36/c1-2-12-34-30(10-1)11-9-18-37(34)45-40-16-5-3-14-38(40)44(39-15-4-6-17-41(39)45)31-20-21-36-35-13-7-8-19-42(35)46(43(36)27-31)32-23-28-22-29(25-32)26-33(46)24-28/h1-21,27-29,32-33H,22-26H2. The largest absolute Gasteiger partial charge is 0.0619 e. The minimum atomic E-state index is 0.170. The van der Waals surface area contributed by atoms with Crippen molar-refractivity contribution in [3.8, 4) is 33.4 Å². The van der Waals surface area contributed by atoms with Gasteiger partial charge in [0.05, 0.1) is 0 Å². The Morgan fingerprint density at radius 1 is 0.391 bits per heavy atom. The quantitative estimate of drug-likeness (QED) is 0.176. The van der Waals surface area contributed by atoms with Gasteiger partial charge >= 0.3 is 0 Å². The Morgan fingerprint density at radius 2 is 0.913 bits per heavy atom. The van der Waals surface area contributed by atoms with Gasteiger partial charge in [0, 0.05) is 5.41 Å². The van der Waals surface area contributed by atoms with Crippen LogP contribution in [0, 0.1) is 23.7 Å². The van der Waals surface area contributed by atoms with Crippen LogP contribution in [0.5, 0.6) is 0 Å². The Balaban J connectivity index is 1.21. The van der Waals surface area contributed by atoms with Crippen LogP contribution in [0.2, 0.25) is 0 Å². The van der Waals surface area contributed by atoms with Crippen LogP contribution in [-0.2, 0) is 5.41 Å². The molecule has 0 N–H and O–H groups in total. The summed E-state index contributed by atoms with van der Waals surface area (Å²) >= 11 is 0. The fraction of sp³-hybridized carbons (Fsp3) is 0.217. The van der Waals surface area contributed by atoms with E-state index in [1.807, 2.05) is 0 Å². The molecule has 5 aliphatic carbocycles. The van der Waals surface area contributed by atoms with Gasteiger partial charge in [0.2, 0.25) is 0 Å². The van der Waals surface area contributed by atoms with Crippen molar-refractivity contribution in [3.05, 3.63) is 145 Å². The molecule has 0 aromatic heterocycles. The molecule has 0 nitrogen and oxygen atoms in total. The Bertz CT molecular complexity index is 2300. The van der Waals surface area contributed by atoms with E-state index in [9.17, 15) is 0 Å². The molecule has 7 aromatic carbocycles. The van der Waals surface area contributed by atoms with Crippen molar-refractivity contribution in [1.82, 2.24) is 0 Å². The summed E-state index contributed by atoms with van der Waals surface area (Å²) in [5, 5.41) is 7.96. The van der Waals surface area contributed by atoms with E-state index in [4.69, 9.17) is 0 Å². The monoisotopic (exact) mass is 588 g/mol. The van der Waals surface area contributed by atoms with E-state index in [0.717, 1.165) is 23.7 Å². The van der Waals surface area contributed by atoms with Crippen LogP contribution in [0.15, 0.2) is 133 Å². The minimum Gasteiger partial charge on any atom is -0.0619 e. The topological polar surface area (TPSA) is 0 Å². The maximum atomic E-state index is 2.67. The smallest absolute Gasteiger partial charge is 0.0272 e. The van der Waals surface area contributed by atoms with Crippen molar-refractivity contribution in [2.45, 2.75) is 37.5 Å². The summed E-state index contributed by atoms with van der Waals surface area (Å²) in [4.78, 5) is 0. The molecule has 46 heavy (non-hydrogen) atoms. The maximum Gasteiger partial charge on any atom is 0.0272 e. The molecule has 0 atom stereocenters. The molecule has 0 amide bonds. The van der Waals surface area contributed by atoms with E-state index in [1.54, 1.807) is 11.1 Å². The molecule has 5 aliphatic rings. The van der Waals surface area contributed by atoms with Crippen LogP contribution in [-0.4, -0.2) is 0 Å². The first kappa shape index (κ1) is 25.5. The first-order valence-corrected chi connectivity index (χ1v) is 17.5. The van der Waals surface area contributed by atoms with Gasteiger partial charge in [0.15, 0.2) is 0 Å². The van der Waals surface area contributed by atoms with Crippen LogP contribution in [0.25, 0.3) is 65.7 Å². The second-order valence-electron chi connectivity index (χ2n) is 14.8. The van der Waals surface area contributed by atoms with Crippen molar-refractivity contribution in [1.29, 1.82) is 0 Å². The van der Waals surface area contributed by atoms with Crippen LogP contribution in [0.1, 0.15) is 43.2 Å². The van der Waals surface area contributed by atoms with E-state index in [2.05, 4.69) is 133 Å². The van der Waals surface area contributed by atoms with E-state index >= 15 is 0 Å². The molecule has 12 rings (SSSR count). The SMILES string of the molecule is c1ccc2c(c1)-c1ccc(-c3c4ccccc4c(-c4cccc5ccccc45)c4ccccc34)cc1C21C2CC3CC(C2)CC1C3. The minimum absolute atomic E-state index is 0.170. The van der Waals surface area contributed by atoms with E-state index in [0.29, 0.717) is 0 Å². The third-order valence-corrected chi connectivity index (χ3v) is 12.8. The summed E-state index contributed by atoms with van der Waals surface area (Å²) in [6, 6.07) is 51.0. The summed E-state index contributed by atoms with van der Waals surface area (Å²) < 4.78 is 0. The zero-order valence-corrected chi connectivity index (χ0v) is 26.0. The Hall–Kier alpha value is -4.68. The molecule has 0 unspecified atom stereocenters. The first-order chi connectivity index (χ1) is 22.8. The van der Waals surface area contributed by atoms with Gasteiger partial charge in [0.1, 0.15) is 0 Å². The third-order valence-electron chi connectivity index (χ3n) is 12.8. The Kier molecular flexibility index (Phi) is 5.10. The van der Waals surface area contributed by atoms with Crippen molar-refractivity contribution in [3.63, 3.8) is 0 Å². The molecule has 0 heterocycles. The third kappa shape index (κ3) is 3.20. The Labute approximate surface area is 270 Å².